The zero-order chi connectivity index (χ0) is 13.0. The second-order valence-corrected chi connectivity index (χ2v) is 5.89. The van der Waals surface area contributed by atoms with Crippen LogP contribution in [0.1, 0.15) is 32.3 Å². The molecule has 0 aliphatic carbocycles. The molecule has 100 valence electrons. The van der Waals surface area contributed by atoms with E-state index in [-0.39, 0.29) is 0 Å². The summed E-state index contributed by atoms with van der Waals surface area (Å²) in [4.78, 5) is 2.63. The highest BCUT2D eigenvalue weighted by Crippen LogP contribution is 2.23. The first kappa shape index (κ1) is 13.6. The standard InChI is InChI=1S/C16H26N2/c1-14(13-15-7-5-4-6-8-15)18-11-9-16(2,17-3)10-12-18/h4-8,14,17H,9-13H2,1-3H3. The van der Waals surface area contributed by atoms with Gasteiger partial charge in [0.15, 0.2) is 0 Å². The number of benzene rings is 1. The van der Waals surface area contributed by atoms with Crippen molar-refractivity contribution in [2.75, 3.05) is 20.1 Å². The molecule has 1 aliphatic rings. The van der Waals surface area contributed by atoms with E-state index in [4.69, 9.17) is 0 Å². The van der Waals surface area contributed by atoms with Crippen molar-refractivity contribution in [2.24, 2.45) is 0 Å². The maximum atomic E-state index is 3.46. The highest BCUT2D eigenvalue weighted by molar-refractivity contribution is 5.15. The van der Waals surface area contributed by atoms with E-state index in [9.17, 15) is 0 Å². The van der Waals surface area contributed by atoms with E-state index >= 15 is 0 Å². The van der Waals surface area contributed by atoms with Gasteiger partial charge in [0.2, 0.25) is 0 Å². The van der Waals surface area contributed by atoms with Crippen LogP contribution in [0.4, 0.5) is 0 Å². The predicted molar refractivity (Wildman–Crippen MR) is 77.9 cm³/mol. The van der Waals surface area contributed by atoms with Crippen LogP contribution in [-0.2, 0) is 6.42 Å². The van der Waals surface area contributed by atoms with Crippen LogP contribution >= 0.6 is 0 Å². The number of likely N-dealkylation sites (tertiary alicyclic amines) is 1. The minimum absolute atomic E-state index is 0.350. The summed E-state index contributed by atoms with van der Waals surface area (Å²) >= 11 is 0. The van der Waals surface area contributed by atoms with Crippen LogP contribution in [0, 0.1) is 0 Å². The van der Waals surface area contributed by atoms with E-state index in [0.717, 1.165) is 6.42 Å². The summed E-state index contributed by atoms with van der Waals surface area (Å²) in [5.41, 5.74) is 1.80. The number of nitrogens with zero attached hydrogens (tertiary/aromatic N) is 1. The van der Waals surface area contributed by atoms with Gasteiger partial charge >= 0.3 is 0 Å². The maximum Gasteiger partial charge on any atom is 0.0174 e. The molecule has 1 saturated heterocycles. The molecular formula is C16H26N2. The van der Waals surface area contributed by atoms with Crippen molar-refractivity contribution < 1.29 is 0 Å². The Morgan fingerprint density at radius 2 is 1.83 bits per heavy atom. The minimum atomic E-state index is 0.350. The Morgan fingerprint density at radius 1 is 1.22 bits per heavy atom. The Balaban J connectivity index is 1.86. The van der Waals surface area contributed by atoms with Crippen molar-refractivity contribution in [3.8, 4) is 0 Å². The van der Waals surface area contributed by atoms with Gasteiger partial charge in [-0.1, -0.05) is 30.3 Å². The molecule has 1 aromatic carbocycles. The highest BCUT2D eigenvalue weighted by atomic mass is 15.2. The van der Waals surface area contributed by atoms with Crippen molar-refractivity contribution in [3.05, 3.63) is 35.9 Å². The van der Waals surface area contributed by atoms with E-state index < -0.39 is 0 Å². The van der Waals surface area contributed by atoms with E-state index in [1.165, 1.54) is 31.5 Å². The molecule has 1 N–H and O–H groups in total. The highest BCUT2D eigenvalue weighted by Gasteiger charge is 2.29. The first-order valence-electron chi connectivity index (χ1n) is 7.10. The van der Waals surface area contributed by atoms with Crippen LogP contribution in [0.15, 0.2) is 30.3 Å². The first-order chi connectivity index (χ1) is 8.63. The zero-order valence-corrected chi connectivity index (χ0v) is 11.9. The number of hydrogen-bond acceptors (Lipinski definition) is 2. The number of hydrogen-bond donors (Lipinski definition) is 1. The van der Waals surface area contributed by atoms with Crippen molar-refractivity contribution >= 4 is 0 Å². The van der Waals surface area contributed by atoms with Crippen LogP contribution in [0.25, 0.3) is 0 Å². The van der Waals surface area contributed by atoms with Gasteiger partial charge in [0.1, 0.15) is 0 Å². The Hall–Kier alpha value is -0.860. The third kappa shape index (κ3) is 3.33. The summed E-state index contributed by atoms with van der Waals surface area (Å²) < 4.78 is 0. The van der Waals surface area contributed by atoms with E-state index in [1.54, 1.807) is 0 Å². The van der Waals surface area contributed by atoms with Gasteiger partial charge in [0, 0.05) is 24.7 Å². The van der Waals surface area contributed by atoms with Gasteiger partial charge < -0.3 is 10.2 Å². The van der Waals surface area contributed by atoms with E-state index in [1.807, 2.05) is 0 Å². The second-order valence-electron chi connectivity index (χ2n) is 5.89. The Bertz CT molecular complexity index is 353. The largest absolute Gasteiger partial charge is 0.314 e. The molecule has 1 atom stereocenters. The quantitative estimate of drug-likeness (QED) is 0.878. The number of rotatable bonds is 4. The predicted octanol–water partition coefficient (Wildman–Crippen LogP) is 2.69. The van der Waals surface area contributed by atoms with Crippen molar-refractivity contribution in [3.63, 3.8) is 0 Å². The SMILES string of the molecule is CNC1(C)CCN(C(C)Cc2ccccc2)CC1. The molecule has 0 bridgehead atoms. The molecule has 0 spiro atoms. The molecule has 1 fully saturated rings. The van der Waals surface area contributed by atoms with Crippen LogP contribution < -0.4 is 5.32 Å². The fraction of sp³-hybridized carbons (Fsp3) is 0.625. The molecular weight excluding hydrogens is 220 g/mol. The maximum absolute atomic E-state index is 3.46. The van der Waals surface area contributed by atoms with Crippen LogP contribution in [0.2, 0.25) is 0 Å². The van der Waals surface area contributed by atoms with Crippen molar-refractivity contribution in [2.45, 2.75) is 44.7 Å². The van der Waals surface area contributed by atoms with E-state index in [0.29, 0.717) is 11.6 Å². The molecule has 18 heavy (non-hydrogen) atoms. The van der Waals surface area contributed by atoms with Crippen LogP contribution in [0.3, 0.4) is 0 Å². The summed E-state index contributed by atoms with van der Waals surface area (Å²) in [6.07, 6.45) is 3.67. The Morgan fingerprint density at radius 3 is 2.39 bits per heavy atom. The number of nitrogens with one attached hydrogen (secondary N) is 1. The minimum Gasteiger partial charge on any atom is -0.314 e. The smallest absolute Gasteiger partial charge is 0.0174 e. The molecule has 2 heteroatoms. The summed E-state index contributed by atoms with van der Waals surface area (Å²) in [5.74, 6) is 0. The molecule has 0 amide bonds. The number of piperidine rings is 1. The lowest BCUT2D eigenvalue weighted by atomic mass is 9.89. The van der Waals surface area contributed by atoms with Gasteiger partial charge in [-0.2, -0.15) is 0 Å². The van der Waals surface area contributed by atoms with Crippen LogP contribution in [-0.4, -0.2) is 36.6 Å². The lowest BCUT2D eigenvalue weighted by Crippen LogP contribution is -2.52. The van der Waals surface area contributed by atoms with Crippen LogP contribution in [0.5, 0.6) is 0 Å². The molecule has 2 rings (SSSR count). The Labute approximate surface area is 111 Å². The molecule has 1 unspecified atom stereocenters. The van der Waals surface area contributed by atoms with Crippen molar-refractivity contribution in [1.29, 1.82) is 0 Å². The molecule has 0 radical (unpaired) electrons. The fourth-order valence-electron chi connectivity index (χ4n) is 2.79. The fourth-order valence-corrected chi connectivity index (χ4v) is 2.79. The summed E-state index contributed by atoms with van der Waals surface area (Å²) in [6, 6.07) is 11.5. The lowest BCUT2D eigenvalue weighted by Gasteiger charge is -2.41. The molecule has 0 aromatic heterocycles. The lowest BCUT2D eigenvalue weighted by molar-refractivity contribution is 0.117. The molecule has 0 saturated carbocycles. The summed E-state index contributed by atoms with van der Waals surface area (Å²) in [5, 5.41) is 3.46. The third-order valence-electron chi connectivity index (χ3n) is 4.50. The average Bonchev–Trinajstić information content (AvgIpc) is 2.40. The Kier molecular flexibility index (Phi) is 4.41. The molecule has 1 aromatic rings. The van der Waals surface area contributed by atoms with Crippen molar-refractivity contribution in [1.82, 2.24) is 10.2 Å². The molecule has 1 heterocycles. The topological polar surface area (TPSA) is 15.3 Å². The second kappa shape index (κ2) is 5.85. The third-order valence-corrected chi connectivity index (χ3v) is 4.50. The molecule has 2 nitrogen and oxygen atoms in total. The monoisotopic (exact) mass is 246 g/mol. The van der Waals surface area contributed by atoms with Gasteiger partial charge in [-0.3, -0.25) is 0 Å². The van der Waals surface area contributed by atoms with Gasteiger partial charge in [-0.25, -0.2) is 0 Å². The average molecular weight is 246 g/mol. The summed E-state index contributed by atoms with van der Waals surface area (Å²) in [7, 11) is 2.09. The summed E-state index contributed by atoms with van der Waals surface area (Å²) in [6.45, 7) is 7.12. The van der Waals surface area contributed by atoms with E-state index in [2.05, 4.69) is 61.4 Å². The van der Waals surface area contributed by atoms with Gasteiger partial charge in [0.05, 0.1) is 0 Å². The van der Waals surface area contributed by atoms with Gasteiger partial charge in [0.25, 0.3) is 0 Å². The first-order valence-corrected chi connectivity index (χ1v) is 7.10. The normalized spacial score (nSPS) is 21.7. The zero-order valence-electron chi connectivity index (χ0n) is 11.9. The molecule has 1 aliphatic heterocycles. The van der Waals surface area contributed by atoms with Gasteiger partial charge in [-0.15, -0.1) is 0 Å². The van der Waals surface area contributed by atoms with Gasteiger partial charge in [-0.05, 0) is 45.7 Å².